The molecular formula is C20H27N3O3. The van der Waals surface area contributed by atoms with Gasteiger partial charge in [-0.15, -0.1) is 0 Å². The Morgan fingerprint density at radius 3 is 2.77 bits per heavy atom. The van der Waals surface area contributed by atoms with E-state index >= 15 is 0 Å². The molecule has 1 aliphatic heterocycles. The van der Waals surface area contributed by atoms with E-state index in [9.17, 15) is 14.4 Å². The molecule has 1 aromatic rings. The van der Waals surface area contributed by atoms with Gasteiger partial charge in [-0.2, -0.15) is 0 Å². The van der Waals surface area contributed by atoms with E-state index in [1.165, 1.54) is 11.1 Å². The fourth-order valence-electron chi connectivity index (χ4n) is 3.89. The van der Waals surface area contributed by atoms with Gasteiger partial charge in [0.2, 0.25) is 5.91 Å². The van der Waals surface area contributed by atoms with Crippen molar-refractivity contribution in [2.75, 3.05) is 6.54 Å². The molecule has 1 aromatic carbocycles. The summed E-state index contributed by atoms with van der Waals surface area (Å²) in [6.07, 6.45) is 5.01. The smallest absolute Gasteiger partial charge is 0.325 e. The minimum atomic E-state index is -1.12. The van der Waals surface area contributed by atoms with Crippen LogP contribution in [0.5, 0.6) is 0 Å². The fourth-order valence-corrected chi connectivity index (χ4v) is 3.89. The van der Waals surface area contributed by atoms with Gasteiger partial charge in [-0.05, 0) is 56.2 Å². The molecule has 1 fully saturated rings. The van der Waals surface area contributed by atoms with Gasteiger partial charge in [0.15, 0.2) is 0 Å². The summed E-state index contributed by atoms with van der Waals surface area (Å²) < 4.78 is 0. The van der Waals surface area contributed by atoms with Crippen LogP contribution in [0, 0.1) is 0 Å². The molecule has 0 bridgehead atoms. The molecule has 6 heteroatoms. The first kappa shape index (κ1) is 18.4. The zero-order valence-electron chi connectivity index (χ0n) is 15.7. The maximum Gasteiger partial charge on any atom is 0.325 e. The van der Waals surface area contributed by atoms with Crippen LogP contribution in [-0.2, 0) is 28.0 Å². The number of carbonyl (C=O) groups is 3. The van der Waals surface area contributed by atoms with Gasteiger partial charge < -0.3 is 10.6 Å². The molecule has 1 aliphatic carbocycles. The van der Waals surface area contributed by atoms with Gasteiger partial charge in [0.25, 0.3) is 5.91 Å². The van der Waals surface area contributed by atoms with Crippen LogP contribution >= 0.6 is 0 Å². The third-order valence-corrected chi connectivity index (χ3v) is 5.38. The lowest BCUT2D eigenvalue weighted by Crippen LogP contribution is -2.45. The summed E-state index contributed by atoms with van der Waals surface area (Å²) in [5, 5.41) is 5.62. The first-order valence-corrected chi connectivity index (χ1v) is 9.41. The number of nitrogens with one attached hydrogen (secondary N) is 2. The highest BCUT2D eigenvalue weighted by atomic mass is 16.2. The second-order valence-corrected chi connectivity index (χ2v) is 7.54. The van der Waals surface area contributed by atoms with Crippen LogP contribution < -0.4 is 10.6 Å². The van der Waals surface area contributed by atoms with Crippen LogP contribution in [0.25, 0.3) is 0 Å². The number of benzene rings is 1. The Kier molecular flexibility index (Phi) is 5.03. The maximum atomic E-state index is 12.9. The topological polar surface area (TPSA) is 78.5 Å². The highest BCUT2D eigenvalue weighted by molar-refractivity contribution is 6.09. The second kappa shape index (κ2) is 7.09. The maximum absolute atomic E-state index is 12.9. The Balaban J connectivity index is 1.74. The molecule has 26 heavy (non-hydrogen) atoms. The number of carbonyl (C=O) groups excluding carboxylic acids is 3. The summed E-state index contributed by atoms with van der Waals surface area (Å²) in [4.78, 5) is 38.5. The first-order chi connectivity index (χ1) is 12.3. The molecule has 0 saturated carbocycles. The van der Waals surface area contributed by atoms with Crippen molar-refractivity contribution < 1.29 is 14.4 Å². The number of amides is 4. The molecule has 2 unspecified atom stereocenters. The van der Waals surface area contributed by atoms with E-state index in [4.69, 9.17) is 0 Å². The summed E-state index contributed by atoms with van der Waals surface area (Å²) >= 11 is 0. The normalized spacial score (nSPS) is 23.0. The molecular weight excluding hydrogens is 330 g/mol. The molecule has 1 heterocycles. The zero-order valence-corrected chi connectivity index (χ0v) is 15.7. The lowest BCUT2D eigenvalue weighted by Gasteiger charge is -2.23. The lowest BCUT2D eigenvalue weighted by molar-refractivity contribution is -0.135. The number of aryl methyl sites for hydroxylation is 2. The molecule has 3 rings (SSSR count). The quantitative estimate of drug-likeness (QED) is 0.767. The molecule has 2 aliphatic rings. The molecule has 2 atom stereocenters. The average molecular weight is 357 g/mol. The Morgan fingerprint density at radius 1 is 1.31 bits per heavy atom. The molecule has 2 N–H and O–H groups in total. The van der Waals surface area contributed by atoms with Gasteiger partial charge in [0, 0.05) is 6.04 Å². The molecule has 4 amide bonds. The van der Waals surface area contributed by atoms with Gasteiger partial charge in [-0.1, -0.05) is 31.5 Å². The Labute approximate surface area is 154 Å². The number of rotatable bonds is 6. The molecule has 6 nitrogen and oxygen atoms in total. The van der Waals surface area contributed by atoms with Crippen LogP contribution in [0.1, 0.15) is 56.7 Å². The zero-order chi connectivity index (χ0) is 18.9. The highest BCUT2D eigenvalue weighted by Crippen LogP contribution is 2.32. The number of fused-ring (bicyclic) bond motifs is 1. The number of imide groups is 1. The summed E-state index contributed by atoms with van der Waals surface area (Å²) in [7, 11) is 0. The predicted octanol–water partition coefficient (Wildman–Crippen LogP) is 2.25. The molecule has 140 valence electrons. The van der Waals surface area contributed by atoms with Crippen molar-refractivity contribution in [1.82, 2.24) is 15.5 Å². The molecule has 0 radical (unpaired) electrons. The van der Waals surface area contributed by atoms with Gasteiger partial charge in [0.1, 0.15) is 12.1 Å². The highest BCUT2D eigenvalue weighted by Gasteiger charge is 2.49. The van der Waals surface area contributed by atoms with Crippen LogP contribution in [0.15, 0.2) is 18.2 Å². The van der Waals surface area contributed by atoms with Crippen LogP contribution in [0.3, 0.4) is 0 Å². The minimum absolute atomic E-state index is 0.0244. The van der Waals surface area contributed by atoms with E-state index in [-0.39, 0.29) is 24.4 Å². The van der Waals surface area contributed by atoms with E-state index in [0.717, 1.165) is 42.6 Å². The van der Waals surface area contributed by atoms with Crippen LogP contribution in [0.2, 0.25) is 0 Å². The number of nitrogens with zero attached hydrogens (tertiary/aromatic N) is 1. The third-order valence-electron chi connectivity index (χ3n) is 5.38. The van der Waals surface area contributed by atoms with Crippen molar-refractivity contribution in [2.45, 2.75) is 64.5 Å². The SMILES string of the molecule is CCCC(C)NC(=O)CN1C(=O)NC(C)(c2ccc3c(c2)CCC3)C1=O. The van der Waals surface area contributed by atoms with E-state index in [0.29, 0.717) is 0 Å². The summed E-state index contributed by atoms with van der Waals surface area (Å²) in [6.45, 7) is 5.42. The van der Waals surface area contributed by atoms with Crippen LogP contribution in [0.4, 0.5) is 4.79 Å². The second-order valence-electron chi connectivity index (χ2n) is 7.54. The van der Waals surface area contributed by atoms with E-state index < -0.39 is 11.6 Å². The number of hydrogen-bond donors (Lipinski definition) is 2. The van der Waals surface area contributed by atoms with Gasteiger partial charge >= 0.3 is 6.03 Å². The van der Waals surface area contributed by atoms with Gasteiger partial charge in [0.05, 0.1) is 0 Å². The van der Waals surface area contributed by atoms with E-state index in [1.807, 2.05) is 32.0 Å². The molecule has 1 saturated heterocycles. The van der Waals surface area contributed by atoms with Crippen molar-refractivity contribution in [2.24, 2.45) is 0 Å². The lowest BCUT2D eigenvalue weighted by atomic mass is 9.89. The Hall–Kier alpha value is -2.37. The van der Waals surface area contributed by atoms with Crippen molar-refractivity contribution in [3.05, 3.63) is 34.9 Å². The summed E-state index contributed by atoms with van der Waals surface area (Å²) in [5.41, 5.74) is 2.22. The van der Waals surface area contributed by atoms with Crippen molar-refractivity contribution in [3.63, 3.8) is 0 Å². The van der Waals surface area contributed by atoms with E-state index in [2.05, 4.69) is 10.6 Å². The number of hydrogen-bond acceptors (Lipinski definition) is 3. The van der Waals surface area contributed by atoms with Gasteiger partial charge in [-0.25, -0.2) is 4.79 Å². The third kappa shape index (κ3) is 3.32. The molecule has 0 aromatic heterocycles. The monoisotopic (exact) mass is 357 g/mol. The van der Waals surface area contributed by atoms with Gasteiger partial charge in [-0.3, -0.25) is 14.5 Å². The van der Waals surface area contributed by atoms with Crippen molar-refractivity contribution in [3.8, 4) is 0 Å². The Morgan fingerprint density at radius 2 is 2.04 bits per heavy atom. The standard InChI is InChI=1S/C20H27N3O3/c1-4-6-13(2)21-17(24)12-23-18(25)20(3,22-19(23)26)16-10-9-14-7-5-8-15(14)11-16/h9-11,13H,4-8,12H2,1-3H3,(H,21,24)(H,22,26). The average Bonchev–Trinajstić information content (AvgIpc) is 3.13. The Bertz CT molecular complexity index is 746. The summed E-state index contributed by atoms with van der Waals surface area (Å²) in [5.74, 6) is -0.689. The minimum Gasteiger partial charge on any atom is -0.352 e. The van der Waals surface area contributed by atoms with Crippen molar-refractivity contribution >= 4 is 17.8 Å². The molecule has 0 spiro atoms. The van der Waals surface area contributed by atoms with Crippen molar-refractivity contribution in [1.29, 1.82) is 0 Å². The summed E-state index contributed by atoms with van der Waals surface area (Å²) in [6, 6.07) is 5.49. The largest absolute Gasteiger partial charge is 0.352 e. The van der Waals surface area contributed by atoms with E-state index in [1.54, 1.807) is 6.92 Å². The number of urea groups is 1. The van der Waals surface area contributed by atoms with Crippen LogP contribution in [-0.4, -0.2) is 35.3 Å². The fraction of sp³-hybridized carbons (Fsp3) is 0.550. The first-order valence-electron chi connectivity index (χ1n) is 9.41. The predicted molar refractivity (Wildman–Crippen MR) is 98.6 cm³/mol.